The molecule has 4 nitrogen and oxygen atoms in total. The van der Waals surface area contributed by atoms with Crippen LogP contribution >= 0.6 is 11.6 Å². The Labute approximate surface area is 123 Å². The van der Waals surface area contributed by atoms with E-state index in [1.807, 2.05) is 13.0 Å². The Hall–Kier alpha value is -1.55. The van der Waals surface area contributed by atoms with Gasteiger partial charge in [0.25, 0.3) is 0 Å². The van der Waals surface area contributed by atoms with Crippen molar-refractivity contribution in [1.82, 2.24) is 14.9 Å². The average molecular weight is 292 g/mol. The van der Waals surface area contributed by atoms with Crippen molar-refractivity contribution in [2.45, 2.75) is 44.7 Å². The molecule has 1 saturated heterocycles. The van der Waals surface area contributed by atoms with E-state index < -0.39 is 0 Å². The average Bonchev–Trinajstić information content (AvgIpc) is 2.95. The summed E-state index contributed by atoms with van der Waals surface area (Å²) in [6.07, 6.45) is 1.49. The Balaban J connectivity index is 2.03. The number of fused-ring (bicyclic) bond motifs is 1. The number of carbonyl (C=O) groups is 1. The summed E-state index contributed by atoms with van der Waals surface area (Å²) in [7, 11) is 0. The summed E-state index contributed by atoms with van der Waals surface area (Å²) in [6.45, 7) is 4.73. The largest absolute Gasteiger partial charge is 0.352 e. The summed E-state index contributed by atoms with van der Waals surface area (Å²) in [4.78, 5) is 16.0. The fourth-order valence-electron chi connectivity index (χ4n) is 2.78. The molecule has 106 valence electrons. The lowest BCUT2D eigenvalue weighted by atomic mass is 10.2. The number of hydrogen-bond donors (Lipinski definition) is 1. The Morgan fingerprint density at radius 1 is 1.55 bits per heavy atom. The molecule has 1 aromatic carbocycles. The zero-order valence-electron chi connectivity index (χ0n) is 11.7. The van der Waals surface area contributed by atoms with Crippen molar-refractivity contribution in [3.8, 4) is 0 Å². The maximum atomic E-state index is 11.4. The van der Waals surface area contributed by atoms with E-state index in [4.69, 9.17) is 11.6 Å². The summed E-state index contributed by atoms with van der Waals surface area (Å²) in [5.41, 5.74) is 3.25. The second kappa shape index (κ2) is 5.09. The van der Waals surface area contributed by atoms with Crippen LogP contribution in [0.3, 0.4) is 0 Å². The lowest BCUT2D eigenvalue weighted by Gasteiger charge is -2.15. The molecule has 3 rings (SSSR count). The van der Waals surface area contributed by atoms with Gasteiger partial charge in [-0.2, -0.15) is 0 Å². The van der Waals surface area contributed by atoms with Crippen LogP contribution in [0.25, 0.3) is 11.0 Å². The molecular weight excluding hydrogens is 274 g/mol. The van der Waals surface area contributed by atoms with Crippen LogP contribution in [0, 0.1) is 6.92 Å². The highest BCUT2D eigenvalue weighted by Crippen LogP contribution is 2.26. The summed E-state index contributed by atoms with van der Waals surface area (Å²) >= 11 is 6.26. The molecule has 1 N–H and O–H groups in total. The number of amides is 1. The molecule has 1 amide bonds. The number of alkyl halides is 1. The van der Waals surface area contributed by atoms with Gasteiger partial charge in [0.15, 0.2) is 0 Å². The number of hydrogen-bond acceptors (Lipinski definition) is 2. The molecule has 0 spiro atoms. The van der Waals surface area contributed by atoms with Crippen molar-refractivity contribution in [3.05, 3.63) is 29.6 Å². The number of aromatic nitrogens is 2. The van der Waals surface area contributed by atoms with E-state index in [0.717, 1.165) is 29.8 Å². The van der Waals surface area contributed by atoms with E-state index in [2.05, 4.69) is 33.9 Å². The summed E-state index contributed by atoms with van der Waals surface area (Å²) in [5, 5.41) is 2.85. The standard InChI is InChI=1S/C15H18ClN3O/c1-9-3-5-12-13(7-9)19(15(18-12)10(2)16)8-11-4-6-14(20)17-11/h3,5,7,10-11H,4,6,8H2,1-2H3,(H,17,20). The number of nitrogens with zero attached hydrogens (tertiary/aromatic N) is 2. The van der Waals surface area contributed by atoms with E-state index in [9.17, 15) is 4.79 Å². The molecule has 0 radical (unpaired) electrons. The second-order valence-electron chi connectivity index (χ2n) is 5.49. The van der Waals surface area contributed by atoms with Crippen molar-refractivity contribution < 1.29 is 4.79 Å². The fourth-order valence-corrected chi connectivity index (χ4v) is 2.95. The van der Waals surface area contributed by atoms with Gasteiger partial charge in [0, 0.05) is 19.0 Å². The zero-order valence-corrected chi connectivity index (χ0v) is 12.4. The minimum atomic E-state index is -0.153. The number of halogens is 1. The Morgan fingerprint density at radius 3 is 3.00 bits per heavy atom. The summed E-state index contributed by atoms with van der Waals surface area (Å²) in [5.74, 6) is 1.00. The first kappa shape index (κ1) is 13.4. The molecule has 2 atom stereocenters. The molecule has 2 aromatic rings. The molecule has 20 heavy (non-hydrogen) atoms. The highest BCUT2D eigenvalue weighted by molar-refractivity contribution is 6.20. The molecule has 1 aromatic heterocycles. The third-order valence-electron chi connectivity index (χ3n) is 3.78. The van der Waals surface area contributed by atoms with Crippen molar-refractivity contribution in [1.29, 1.82) is 0 Å². The molecule has 0 bridgehead atoms. The van der Waals surface area contributed by atoms with Gasteiger partial charge < -0.3 is 9.88 Å². The number of nitrogens with one attached hydrogen (secondary N) is 1. The van der Waals surface area contributed by atoms with Crippen LogP contribution in [0.5, 0.6) is 0 Å². The predicted octanol–water partition coefficient (Wildman–Crippen LogP) is 2.92. The third-order valence-corrected chi connectivity index (χ3v) is 3.97. The molecule has 5 heteroatoms. The van der Waals surface area contributed by atoms with Gasteiger partial charge in [0.05, 0.1) is 16.4 Å². The quantitative estimate of drug-likeness (QED) is 0.884. The van der Waals surface area contributed by atoms with E-state index >= 15 is 0 Å². The Morgan fingerprint density at radius 2 is 2.35 bits per heavy atom. The van der Waals surface area contributed by atoms with Crippen molar-refractivity contribution in [2.75, 3.05) is 0 Å². The molecule has 1 aliphatic rings. The normalized spacial score (nSPS) is 20.4. The molecule has 0 saturated carbocycles. The maximum absolute atomic E-state index is 11.4. The number of rotatable bonds is 3. The smallest absolute Gasteiger partial charge is 0.220 e. The van der Waals surface area contributed by atoms with Crippen LogP contribution in [0.15, 0.2) is 18.2 Å². The monoisotopic (exact) mass is 291 g/mol. The molecule has 2 heterocycles. The van der Waals surface area contributed by atoms with Gasteiger partial charge in [-0.15, -0.1) is 11.6 Å². The number of aryl methyl sites for hydroxylation is 1. The van der Waals surface area contributed by atoms with E-state index in [0.29, 0.717) is 6.42 Å². The van der Waals surface area contributed by atoms with Crippen molar-refractivity contribution in [2.24, 2.45) is 0 Å². The summed E-state index contributed by atoms with van der Waals surface area (Å²) in [6, 6.07) is 6.38. The zero-order chi connectivity index (χ0) is 14.3. The first-order valence-corrected chi connectivity index (χ1v) is 7.38. The van der Waals surface area contributed by atoms with Gasteiger partial charge in [0.2, 0.25) is 5.91 Å². The lowest BCUT2D eigenvalue weighted by molar-refractivity contribution is -0.119. The highest BCUT2D eigenvalue weighted by Gasteiger charge is 2.24. The van der Waals surface area contributed by atoms with Gasteiger partial charge >= 0.3 is 0 Å². The van der Waals surface area contributed by atoms with Crippen LogP contribution in [0.4, 0.5) is 0 Å². The Bertz CT molecular complexity index is 662. The van der Waals surface area contributed by atoms with Gasteiger partial charge in [0.1, 0.15) is 5.82 Å². The number of benzene rings is 1. The van der Waals surface area contributed by atoms with Crippen LogP contribution in [0.2, 0.25) is 0 Å². The third kappa shape index (κ3) is 2.40. The summed E-state index contributed by atoms with van der Waals surface area (Å²) < 4.78 is 2.15. The van der Waals surface area contributed by atoms with Crippen molar-refractivity contribution >= 4 is 28.5 Å². The predicted molar refractivity (Wildman–Crippen MR) is 79.9 cm³/mol. The first-order valence-electron chi connectivity index (χ1n) is 6.95. The van der Waals surface area contributed by atoms with Gasteiger partial charge in [-0.05, 0) is 38.0 Å². The molecular formula is C15H18ClN3O. The molecule has 2 unspecified atom stereocenters. The van der Waals surface area contributed by atoms with Crippen LogP contribution in [0.1, 0.15) is 36.5 Å². The van der Waals surface area contributed by atoms with Gasteiger partial charge in [-0.25, -0.2) is 4.98 Å². The van der Waals surface area contributed by atoms with Crippen LogP contribution in [-0.4, -0.2) is 21.5 Å². The highest BCUT2D eigenvalue weighted by atomic mass is 35.5. The number of imidazole rings is 1. The second-order valence-corrected chi connectivity index (χ2v) is 6.15. The molecule has 0 aliphatic carbocycles. The molecule has 1 fully saturated rings. The van der Waals surface area contributed by atoms with E-state index in [1.54, 1.807) is 0 Å². The van der Waals surface area contributed by atoms with Crippen LogP contribution < -0.4 is 5.32 Å². The first-order chi connectivity index (χ1) is 9.54. The molecule has 1 aliphatic heterocycles. The van der Waals surface area contributed by atoms with E-state index in [1.165, 1.54) is 5.56 Å². The number of carbonyl (C=O) groups excluding carboxylic acids is 1. The minimum absolute atomic E-state index is 0.135. The minimum Gasteiger partial charge on any atom is -0.352 e. The Kier molecular flexibility index (Phi) is 3.42. The SMILES string of the molecule is Cc1ccc2nc(C(C)Cl)n(CC3CCC(=O)N3)c2c1. The van der Waals surface area contributed by atoms with E-state index in [-0.39, 0.29) is 17.3 Å². The fraction of sp³-hybridized carbons (Fsp3) is 0.467. The van der Waals surface area contributed by atoms with Gasteiger partial charge in [-0.1, -0.05) is 6.07 Å². The maximum Gasteiger partial charge on any atom is 0.220 e. The van der Waals surface area contributed by atoms with Gasteiger partial charge in [-0.3, -0.25) is 4.79 Å². The van der Waals surface area contributed by atoms with Crippen LogP contribution in [-0.2, 0) is 11.3 Å². The topological polar surface area (TPSA) is 46.9 Å². The lowest BCUT2D eigenvalue weighted by Crippen LogP contribution is -2.30. The van der Waals surface area contributed by atoms with Crippen molar-refractivity contribution in [3.63, 3.8) is 0 Å².